The van der Waals surface area contributed by atoms with Gasteiger partial charge in [0.25, 0.3) is 0 Å². The van der Waals surface area contributed by atoms with Crippen molar-refractivity contribution >= 4 is 0 Å². The van der Waals surface area contributed by atoms with Crippen LogP contribution in [0.5, 0.6) is 0 Å². The number of hydrogen-bond donors (Lipinski definition) is 1. The van der Waals surface area contributed by atoms with Gasteiger partial charge >= 0.3 is 0 Å². The molecule has 2 heterocycles. The molecule has 0 bridgehead atoms. The summed E-state index contributed by atoms with van der Waals surface area (Å²) in [5.74, 6) is 0. The van der Waals surface area contributed by atoms with E-state index in [0.717, 1.165) is 31.9 Å². The van der Waals surface area contributed by atoms with Crippen LogP contribution in [-0.4, -0.2) is 35.7 Å². The molecular weight excluding hydrogens is 226 g/mol. The molecule has 4 nitrogen and oxygen atoms in total. The molecule has 4 heteroatoms. The molecule has 18 heavy (non-hydrogen) atoms. The van der Waals surface area contributed by atoms with E-state index >= 15 is 0 Å². The first kappa shape index (κ1) is 13.5. The number of piperidine rings is 1. The summed E-state index contributed by atoms with van der Waals surface area (Å²) in [7, 11) is 0. The van der Waals surface area contributed by atoms with Gasteiger partial charge in [-0.05, 0) is 37.9 Å². The predicted octanol–water partition coefficient (Wildman–Crippen LogP) is 1.54. The molecule has 0 radical (unpaired) electrons. The summed E-state index contributed by atoms with van der Waals surface area (Å²) < 4.78 is 5.73. The highest BCUT2D eigenvalue weighted by molar-refractivity contribution is 5.19. The topological polar surface area (TPSA) is 51.4 Å². The van der Waals surface area contributed by atoms with Gasteiger partial charge in [0.2, 0.25) is 0 Å². The molecule has 0 aliphatic carbocycles. The van der Waals surface area contributed by atoms with Crippen LogP contribution in [0.15, 0.2) is 18.3 Å². The number of pyridine rings is 1. The van der Waals surface area contributed by atoms with Gasteiger partial charge in [-0.3, -0.25) is 9.88 Å². The normalized spacial score (nSPS) is 21.1. The maximum Gasteiger partial charge on any atom is 0.0702 e. The Morgan fingerprint density at radius 1 is 1.56 bits per heavy atom. The van der Waals surface area contributed by atoms with Crippen LogP contribution in [0.4, 0.5) is 0 Å². The number of aromatic nitrogens is 1. The van der Waals surface area contributed by atoms with E-state index in [2.05, 4.69) is 22.9 Å². The van der Waals surface area contributed by atoms with Crippen LogP contribution in [0.1, 0.15) is 31.0 Å². The largest absolute Gasteiger partial charge is 0.377 e. The fraction of sp³-hybridized carbons (Fsp3) is 0.643. The lowest BCUT2D eigenvalue weighted by molar-refractivity contribution is 0.00354. The summed E-state index contributed by atoms with van der Waals surface area (Å²) in [5.41, 5.74) is 7.98. The zero-order chi connectivity index (χ0) is 12.8. The minimum Gasteiger partial charge on any atom is -0.377 e. The third-order valence-electron chi connectivity index (χ3n) is 3.44. The minimum absolute atomic E-state index is 0.391. The van der Waals surface area contributed by atoms with Crippen molar-refractivity contribution in [3.8, 4) is 0 Å². The Bertz CT molecular complexity index is 368. The average molecular weight is 249 g/mol. The number of nitrogens with zero attached hydrogens (tertiary/aromatic N) is 2. The SMILES string of the molecule is CCOC1CCCN(Cc2cccnc2CN)C1. The van der Waals surface area contributed by atoms with Crippen molar-refractivity contribution in [2.24, 2.45) is 5.73 Å². The van der Waals surface area contributed by atoms with Gasteiger partial charge in [0.1, 0.15) is 0 Å². The molecule has 100 valence electrons. The fourth-order valence-electron chi connectivity index (χ4n) is 2.57. The number of ether oxygens (including phenoxy) is 1. The number of likely N-dealkylation sites (tertiary alicyclic amines) is 1. The lowest BCUT2D eigenvalue weighted by Gasteiger charge is -2.32. The van der Waals surface area contributed by atoms with E-state index in [1.54, 1.807) is 0 Å². The molecule has 1 aromatic heterocycles. The van der Waals surface area contributed by atoms with E-state index in [1.165, 1.54) is 18.4 Å². The molecule has 1 fully saturated rings. The highest BCUT2D eigenvalue weighted by atomic mass is 16.5. The zero-order valence-electron chi connectivity index (χ0n) is 11.1. The minimum atomic E-state index is 0.391. The van der Waals surface area contributed by atoms with E-state index in [0.29, 0.717) is 12.6 Å². The highest BCUT2D eigenvalue weighted by Crippen LogP contribution is 2.17. The molecule has 1 aromatic rings. The van der Waals surface area contributed by atoms with E-state index in [1.807, 2.05) is 12.3 Å². The standard InChI is InChI=1S/C14H23N3O/c1-2-18-13-6-4-8-17(11-13)10-12-5-3-7-16-14(12)9-15/h3,5,7,13H,2,4,6,8-11,15H2,1H3. The summed E-state index contributed by atoms with van der Waals surface area (Å²) in [6.45, 7) is 6.48. The molecule has 1 saturated heterocycles. The second-order valence-corrected chi connectivity index (χ2v) is 4.77. The first-order valence-electron chi connectivity index (χ1n) is 6.80. The predicted molar refractivity (Wildman–Crippen MR) is 72.1 cm³/mol. The monoisotopic (exact) mass is 249 g/mol. The van der Waals surface area contributed by atoms with Crippen LogP contribution in [0.2, 0.25) is 0 Å². The van der Waals surface area contributed by atoms with Crippen molar-refractivity contribution in [1.82, 2.24) is 9.88 Å². The van der Waals surface area contributed by atoms with Gasteiger partial charge in [-0.1, -0.05) is 6.07 Å². The van der Waals surface area contributed by atoms with Gasteiger partial charge in [0.05, 0.1) is 11.8 Å². The second kappa shape index (κ2) is 6.83. The van der Waals surface area contributed by atoms with E-state index in [-0.39, 0.29) is 0 Å². The van der Waals surface area contributed by atoms with Gasteiger partial charge < -0.3 is 10.5 Å². The summed E-state index contributed by atoms with van der Waals surface area (Å²) >= 11 is 0. The molecule has 1 aliphatic rings. The molecule has 0 amide bonds. The Morgan fingerprint density at radius 2 is 2.44 bits per heavy atom. The average Bonchev–Trinajstić information content (AvgIpc) is 2.40. The van der Waals surface area contributed by atoms with E-state index in [4.69, 9.17) is 10.5 Å². The van der Waals surface area contributed by atoms with Crippen molar-refractivity contribution in [1.29, 1.82) is 0 Å². The highest BCUT2D eigenvalue weighted by Gasteiger charge is 2.20. The van der Waals surface area contributed by atoms with Crippen LogP contribution >= 0.6 is 0 Å². The molecule has 1 atom stereocenters. The first-order valence-corrected chi connectivity index (χ1v) is 6.80. The molecular formula is C14H23N3O. The lowest BCUT2D eigenvalue weighted by Crippen LogP contribution is -2.39. The van der Waals surface area contributed by atoms with Crippen LogP contribution in [0.3, 0.4) is 0 Å². The van der Waals surface area contributed by atoms with Crippen molar-refractivity contribution in [2.45, 2.75) is 39.0 Å². The van der Waals surface area contributed by atoms with Gasteiger partial charge in [-0.2, -0.15) is 0 Å². The zero-order valence-corrected chi connectivity index (χ0v) is 11.1. The van der Waals surface area contributed by atoms with E-state index in [9.17, 15) is 0 Å². The molecule has 1 aliphatic heterocycles. The van der Waals surface area contributed by atoms with Crippen LogP contribution in [0, 0.1) is 0 Å². The number of rotatable bonds is 5. The van der Waals surface area contributed by atoms with Gasteiger partial charge in [0, 0.05) is 32.4 Å². The maximum atomic E-state index is 5.73. The number of hydrogen-bond acceptors (Lipinski definition) is 4. The summed E-state index contributed by atoms with van der Waals surface area (Å²) in [6, 6.07) is 4.11. The van der Waals surface area contributed by atoms with Crippen LogP contribution in [-0.2, 0) is 17.8 Å². The smallest absolute Gasteiger partial charge is 0.0702 e. The van der Waals surface area contributed by atoms with Gasteiger partial charge in [0.15, 0.2) is 0 Å². The Kier molecular flexibility index (Phi) is 5.11. The molecule has 0 spiro atoms. The van der Waals surface area contributed by atoms with Crippen molar-refractivity contribution in [3.63, 3.8) is 0 Å². The second-order valence-electron chi connectivity index (χ2n) is 4.77. The Hall–Kier alpha value is -0.970. The quantitative estimate of drug-likeness (QED) is 0.860. The molecule has 1 unspecified atom stereocenters. The van der Waals surface area contributed by atoms with Gasteiger partial charge in [-0.25, -0.2) is 0 Å². The third-order valence-corrected chi connectivity index (χ3v) is 3.44. The summed E-state index contributed by atoms with van der Waals surface area (Å²) in [4.78, 5) is 6.78. The summed E-state index contributed by atoms with van der Waals surface area (Å²) in [5, 5.41) is 0. The van der Waals surface area contributed by atoms with Crippen molar-refractivity contribution in [3.05, 3.63) is 29.6 Å². The molecule has 0 saturated carbocycles. The van der Waals surface area contributed by atoms with Crippen LogP contribution < -0.4 is 5.73 Å². The fourth-order valence-corrected chi connectivity index (χ4v) is 2.57. The lowest BCUT2D eigenvalue weighted by atomic mass is 10.1. The van der Waals surface area contributed by atoms with Gasteiger partial charge in [-0.15, -0.1) is 0 Å². The van der Waals surface area contributed by atoms with Crippen molar-refractivity contribution in [2.75, 3.05) is 19.7 Å². The Balaban J connectivity index is 1.96. The Labute approximate surface area is 109 Å². The van der Waals surface area contributed by atoms with E-state index < -0.39 is 0 Å². The third kappa shape index (κ3) is 3.51. The van der Waals surface area contributed by atoms with Crippen LogP contribution in [0.25, 0.3) is 0 Å². The summed E-state index contributed by atoms with van der Waals surface area (Å²) in [6.07, 6.45) is 4.59. The van der Waals surface area contributed by atoms with Crippen molar-refractivity contribution < 1.29 is 4.74 Å². The molecule has 2 N–H and O–H groups in total. The first-order chi connectivity index (χ1) is 8.83. The molecule has 2 rings (SSSR count). The molecule has 0 aromatic carbocycles. The number of nitrogens with two attached hydrogens (primary N) is 1. The Morgan fingerprint density at radius 3 is 3.22 bits per heavy atom. The maximum absolute atomic E-state index is 5.73.